The Bertz CT molecular complexity index is 433. The van der Waals surface area contributed by atoms with Crippen LogP contribution in [0.1, 0.15) is 19.3 Å². The number of carbonyl (C=O) groups is 1. The lowest BCUT2D eigenvalue weighted by Crippen LogP contribution is -2.56. The Morgan fingerprint density at radius 1 is 1.56 bits per heavy atom. The van der Waals surface area contributed by atoms with Crippen molar-refractivity contribution in [2.75, 3.05) is 6.54 Å². The predicted molar refractivity (Wildman–Crippen MR) is 58.2 cm³/mol. The number of amidine groups is 1. The number of aliphatic imine (C=N–C) groups is 1. The molecule has 3 aliphatic rings. The number of carbonyl (C=O) groups excluding carboxylic acids is 1. The number of hydrogen-bond acceptors (Lipinski definition) is 4. The Morgan fingerprint density at radius 3 is 3.00 bits per heavy atom. The number of rotatable bonds is 1. The number of fused-ring (bicyclic) bond motifs is 2. The third-order valence-electron chi connectivity index (χ3n) is 3.34. The maximum absolute atomic E-state index is 11.1. The summed E-state index contributed by atoms with van der Waals surface area (Å²) in [6.45, 7) is 0.638. The topological polar surface area (TPSA) is 67.9 Å². The van der Waals surface area contributed by atoms with Crippen LogP contribution in [-0.4, -0.2) is 28.8 Å². The molecule has 5 heteroatoms. The van der Waals surface area contributed by atoms with Gasteiger partial charge in [-0.05, 0) is 25.3 Å². The van der Waals surface area contributed by atoms with Crippen molar-refractivity contribution in [3.8, 4) is 0 Å². The largest absolute Gasteiger partial charge is 0.485 e. The molecule has 84 valence electrons. The van der Waals surface area contributed by atoms with Crippen molar-refractivity contribution < 1.29 is 9.53 Å². The summed E-state index contributed by atoms with van der Waals surface area (Å²) in [5.41, 5.74) is 5.29. The normalized spacial score (nSPS) is 25.1. The first kappa shape index (κ1) is 9.45. The second-order valence-electron chi connectivity index (χ2n) is 4.29. The number of ether oxygens (including phenoxy) is 1. The van der Waals surface area contributed by atoms with Crippen LogP contribution in [0, 0.1) is 0 Å². The highest BCUT2D eigenvalue weighted by Crippen LogP contribution is 2.41. The first-order chi connectivity index (χ1) is 7.71. The molecule has 0 bridgehead atoms. The van der Waals surface area contributed by atoms with Crippen molar-refractivity contribution >= 4 is 11.7 Å². The average Bonchev–Trinajstić information content (AvgIpc) is 2.25. The van der Waals surface area contributed by atoms with Crippen LogP contribution >= 0.6 is 0 Å². The van der Waals surface area contributed by atoms with E-state index in [4.69, 9.17) is 10.5 Å². The van der Waals surface area contributed by atoms with Crippen molar-refractivity contribution in [2.24, 2.45) is 10.7 Å². The van der Waals surface area contributed by atoms with Crippen LogP contribution in [0.2, 0.25) is 0 Å². The molecule has 2 N–H and O–H groups in total. The SMILES string of the molecule is NC(=O)C1=CCN2C=COC3(CCC3)C2=N1. The molecule has 1 fully saturated rings. The molecule has 2 heterocycles. The summed E-state index contributed by atoms with van der Waals surface area (Å²) in [6, 6.07) is 0. The van der Waals surface area contributed by atoms with E-state index in [-0.39, 0.29) is 5.60 Å². The highest BCUT2D eigenvalue weighted by molar-refractivity contribution is 6.01. The number of primary amides is 1. The molecule has 0 saturated heterocycles. The molecule has 1 amide bonds. The van der Waals surface area contributed by atoms with E-state index in [0.29, 0.717) is 12.2 Å². The van der Waals surface area contributed by atoms with E-state index in [2.05, 4.69) is 4.99 Å². The molecule has 2 aliphatic heterocycles. The fraction of sp³-hybridized carbons (Fsp3) is 0.455. The van der Waals surface area contributed by atoms with Gasteiger partial charge >= 0.3 is 0 Å². The molecule has 1 aliphatic carbocycles. The molecular weight excluding hydrogens is 206 g/mol. The standard InChI is InChI=1S/C11H13N3O2/c12-9(15)8-2-5-14-6-7-16-11(3-1-4-11)10(14)13-8/h2,6-7H,1,3-5H2,(H2,12,15). The Morgan fingerprint density at radius 2 is 2.38 bits per heavy atom. The van der Waals surface area contributed by atoms with Crippen LogP contribution in [-0.2, 0) is 9.53 Å². The molecule has 0 aromatic rings. The van der Waals surface area contributed by atoms with Gasteiger partial charge in [-0.15, -0.1) is 0 Å². The van der Waals surface area contributed by atoms with E-state index in [0.717, 1.165) is 25.1 Å². The first-order valence-electron chi connectivity index (χ1n) is 5.42. The Hall–Kier alpha value is -1.78. The van der Waals surface area contributed by atoms with Gasteiger partial charge in [0.05, 0.1) is 0 Å². The van der Waals surface area contributed by atoms with Crippen LogP contribution in [0.15, 0.2) is 29.2 Å². The smallest absolute Gasteiger partial charge is 0.267 e. The second kappa shape index (κ2) is 3.10. The fourth-order valence-electron chi connectivity index (χ4n) is 2.27. The van der Waals surface area contributed by atoms with Gasteiger partial charge in [0.2, 0.25) is 0 Å². The zero-order valence-electron chi connectivity index (χ0n) is 8.85. The van der Waals surface area contributed by atoms with Gasteiger partial charge in [-0.3, -0.25) is 4.79 Å². The summed E-state index contributed by atoms with van der Waals surface area (Å²) in [7, 11) is 0. The monoisotopic (exact) mass is 219 g/mol. The summed E-state index contributed by atoms with van der Waals surface area (Å²) in [4.78, 5) is 17.5. The highest BCUT2D eigenvalue weighted by atomic mass is 16.5. The van der Waals surface area contributed by atoms with Crippen molar-refractivity contribution in [3.63, 3.8) is 0 Å². The van der Waals surface area contributed by atoms with Crippen LogP contribution in [0.5, 0.6) is 0 Å². The third-order valence-corrected chi connectivity index (χ3v) is 3.34. The summed E-state index contributed by atoms with van der Waals surface area (Å²) >= 11 is 0. The predicted octanol–water partition coefficient (Wildman–Crippen LogP) is 0.494. The molecule has 0 atom stereocenters. The van der Waals surface area contributed by atoms with Gasteiger partial charge in [0.25, 0.3) is 5.91 Å². The molecule has 1 spiro atoms. The van der Waals surface area contributed by atoms with Crippen molar-refractivity contribution in [1.29, 1.82) is 0 Å². The van der Waals surface area contributed by atoms with E-state index >= 15 is 0 Å². The third kappa shape index (κ3) is 1.17. The second-order valence-corrected chi connectivity index (χ2v) is 4.29. The summed E-state index contributed by atoms with van der Waals surface area (Å²) in [5.74, 6) is 0.355. The van der Waals surface area contributed by atoms with E-state index in [1.165, 1.54) is 0 Å². The maximum atomic E-state index is 11.1. The number of nitrogens with zero attached hydrogens (tertiary/aromatic N) is 2. The Kier molecular flexibility index (Phi) is 1.83. The zero-order valence-corrected chi connectivity index (χ0v) is 8.85. The van der Waals surface area contributed by atoms with Gasteiger partial charge in [0.1, 0.15) is 12.0 Å². The fourth-order valence-corrected chi connectivity index (χ4v) is 2.27. The maximum Gasteiger partial charge on any atom is 0.267 e. The van der Waals surface area contributed by atoms with Gasteiger partial charge < -0.3 is 15.4 Å². The van der Waals surface area contributed by atoms with Crippen LogP contribution in [0.3, 0.4) is 0 Å². The number of amides is 1. The molecule has 0 aromatic carbocycles. The molecule has 0 unspecified atom stereocenters. The van der Waals surface area contributed by atoms with E-state index in [9.17, 15) is 4.79 Å². The van der Waals surface area contributed by atoms with Gasteiger partial charge in [0.15, 0.2) is 11.4 Å². The van der Waals surface area contributed by atoms with Gasteiger partial charge in [-0.1, -0.05) is 0 Å². The van der Waals surface area contributed by atoms with Gasteiger partial charge in [-0.25, -0.2) is 4.99 Å². The minimum Gasteiger partial charge on any atom is -0.485 e. The molecule has 3 rings (SSSR count). The van der Waals surface area contributed by atoms with Crippen molar-refractivity contribution in [1.82, 2.24) is 4.90 Å². The van der Waals surface area contributed by atoms with E-state index < -0.39 is 5.91 Å². The highest BCUT2D eigenvalue weighted by Gasteiger charge is 2.48. The van der Waals surface area contributed by atoms with Crippen LogP contribution < -0.4 is 5.73 Å². The molecular formula is C11H13N3O2. The minimum absolute atomic E-state index is 0.302. The lowest BCUT2D eigenvalue weighted by atomic mass is 9.77. The molecule has 0 radical (unpaired) electrons. The van der Waals surface area contributed by atoms with Crippen LogP contribution in [0.25, 0.3) is 0 Å². The Labute approximate surface area is 93.3 Å². The summed E-state index contributed by atoms with van der Waals surface area (Å²) < 4.78 is 5.67. The summed E-state index contributed by atoms with van der Waals surface area (Å²) in [6.07, 6.45) is 8.35. The number of nitrogens with two attached hydrogens (primary N) is 1. The van der Waals surface area contributed by atoms with E-state index in [1.54, 1.807) is 12.3 Å². The van der Waals surface area contributed by atoms with E-state index in [1.807, 2.05) is 11.1 Å². The molecule has 0 aromatic heterocycles. The molecule has 5 nitrogen and oxygen atoms in total. The van der Waals surface area contributed by atoms with Gasteiger partial charge in [0, 0.05) is 12.7 Å². The van der Waals surface area contributed by atoms with Crippen molar-refractivity contribution in [2.45, 2.75) is 24.9 Å². The quantitative estimate of drug-likeness (QED) is 0.698. The van der Waals surface area contributed by atoms with Gasteiger partial charge in [-0.2, -0.15) is 0 Å². The Balaban J connectivity index is 2.00. The molecule has 1 saturated carbocycles. The summed E-state index contributed by atoms with van der Waals surface area (Å²) in [5, 5.41) is 0. The minimum atomic E-state index is -0.476. The number of hydrogen-bond donors (Lipinski definition) is 1. The average molecular weight is 219 g/mol. The van der Waals surface area contributed by atoms with Crippen LogP contribution in [0.4, 0.5) is 0 Å². The first-order valence-corrected chi connectivity index (χ1v) is 5.42. The lowest BCUT2D eigenvalue weighted by molar-refractivity contribution is -0.114. The van der Waals surface area contributed by atoms with Crippen molar-refractivity contribution in [3.05, 3.63) is 24.2 Å². The molecule has 16 heavy (non-hydrogen) atoms. The zero-order chi connectivity index (χ0) is 11.2. The lowest BCUT2D eigenvalue weighted by Gasteiger charge is -2.47.